The van der Waals surface area contributed by atoms with E-state index in [4.69, 9.17) is 4.98 Å². The molecule has 1 aliphatic carbocycles. The summed E-state index contributed by atoms with van der Waals surface area (Å²) in [6.07, 6.45) is 14.8. The lowest BCUT2D eigenvalue weighted by atomic mass is 9.94. The highest BCUT2D eigenvalue weighted by molar-refractivity contribution is 5.82. The number of rotatable bonds is 8. The van der Waals surface area contributed by atoms with Crippen LogP contribution in [0, 0.1) is 5.92 Å². The molecule has 2 saturated heterocycles. The van der Waals surface area contributed by atoms with Gasteiger partial charge in [-0.1, -0.05) is 97.1 Å². The molecule has 51 heavy (non-hydrogen) atoms. The van der Waals surface area contributed by atoms with E-state index in [2.05, 4.69) is 67.9 Å². The van der Waals surface area contributed by atoms with E-state index in [-0.39, 0.29) is 17.9 Å². The molecule has 10 heteroatoms. The molecular formula is C41H44N8O2. The number of H-pyrrole nitrogens is 2. The molecule has 3 aromatic carbocycles. The van der Waals surface area contributed by atoms with Gasteiger partial charge in [0.15, 0.2) is 11.6 Å². The summed E-state index contributed by atoms with van der Waals surface area (Å²) in [6.45, 7) is 4.69. The Morgan fingerprint density at radius 3 is 2.20 bits per heavy atom. The van der Waals surface area contributed by atoms with Gasteiger partial charge in [-0.25, -0.2) is 9.97 Å². The Kier molecular flexibility index (Phi) is 10.6. The predicted octanol–water partition coefficient (Wildman–Crippen LogP) is 7.35. The van der Waals surface area contributed by atoms with Gasteiger partial charge in [0.1, 0.15) is 12.2 Å². The molecule has 2 aliphatic heterocycles. The number of carbonyl (C=O) groups is 2. The molecule has 10 nitrogen and oxygen atoms in total. The fourth-order valence-corrected chi connectivity index (χ4v) is 7.06. The van der Waals surface area contributed by atoms with Crippen molar-refractivity contribution in [1.29, 1.82) is 0 Å². The van der Waals surface area contributed by atoms with Crippen LogP contribution in [0.15, 0.2) is 109 Å². The Bertz CT molecular complexity index is 1960. The standard InChI is InChI=1S/C28H25N7O.C13H19NO/c36-25(17-19-5-2-1-3-6-19)35-16-4-7-24(35)28-31-27(33-34-28)23-14-10-21(11-15-23)20-8-12-22(13-9-20)26-29-18-30-32-26;1-11(12-7-3-2-4-8-12)13(15)14-9-5-6-10-14/h1-3,5-6,8-15,18,24H,4,7,16-17H2,(H,29,30,32)(H,31,33,34);3,7-8,11H,2,4-6,9-10H2,1H3. The molecule has 2 N–H and O–H groups in total. The van der Waals surface area contributed by atoms with E-state index in [1.54, 1.807) is 0 Å². The molecule has 0 bridgehead atoms. The first-order valence-corrected chi connectivity index (χ1v) is 18.0. The number of benzene rings is 3. The van der Waals surface area contributed by atoms with Crippen molar-refractivity contribution >= 4 is 11.8 Å². The summed E-state index contributed by atoms with van der Waals surface area (Å²) in [5.41, 5.74) is 6.37. The number of amides is 2. The van der Waals surface area contributed by atoms with Crippen LogP contribution in [0.2, 0.25) is 0 Å². The van der Waals surface area contributed by atoms with E-state index < -0.39 is 0 Å². The van der Waals surface area contributed by atoms with Gasteiger partial charge in [0.05, 0.1) is 18.4 Å². The molecule has 0 saturated carbocycles. The van der Waals surface area contributed by atoms with Crippen LogP contribution in [0.3, 0.4) is 0 Å². The van der Waals surface area contributed by atoms with Crippen LogP contribution in [-0.4, -0.2) is 71.6 Å². The van der Waals surface area contributed by atoms with Crippen molar-refractivity contribution < 1.29 is 9.59 Å². The van der Waals surface area contributed by atoms with Crippen LogP contribution >= 0.6 is 0 Å². The molecule has 8 rings (SSSR count). The number of hydrogen-bond donors (Lipinski definition) is 2. The molecule has 2 fully saturated rings. The van der Waals surface area contributed by atoms with Crippen LogP contribution < -0.4 is 0 Å². The lowest BCUT2D eigenvalue weighted by Gasteiger charge is -2.23. The summed E-state index contributed by atoms with van der Waals surface area (Å²) in [7, 11) is 0. The van der Waals surface area contributed by atoms with Gasteiger partial charge in [0.2, 0.25) is 11.8 Å². The number of aromatic amines is 2. The molecule has 3 aliphatic rings. The minimum atomic E-state index is -0.0652. The summed E-state index contributed by atoms with van der Waals surface area (Å²) in [5, 5.41) is 14.3. The molecule has 260 valence electrons. The van der Waals surface area contributed by atoms with Crippen molar-refractivity contribution in [3.8, 4) is 33.9 Å². The summed E-state index contributed by atoms with van der Waals surface area (Å²) >= 11 is 0. The number of carbonyl (C=O) groups excluding carboxylic acids is 2. The van der Waals surface area contributed by atoms with E-state index in [1.165, 1.54) is 24.7 Å². The van der Waals surface area contributed by atoms with Crippen molar-refractivity contribution in [1.82, 2.24) is 40.2 Å². The highest BCUT2D eigenvalue weighted by atomic mass is 16.2. The second kappa shape index (κ2) is 15.9. The van der Waals surface area contributed by atoms with E-state index in [0.717, 1.165) is 84.8 Å². The lowest BCUT2D eigenvalue weighted by molar-refractivity contribution is -0.133. The van der Waals surface area contributed by atoms with Crippen molar-refractivity contribution in [3.63, 3.8) is 0 Å². The van der Waals surface area contributed by atoms with Crippen LogP contribution in [0.25, 0.3) is 33.9 Å². The zero-order chi connectivity index (χ0) is 35.0. The highest BCUT2D eigenvalue weighted by Gasteiger charge is 2.32. The van der Waals surface area contributed by atoms with Crippen molar-refractivity contribution in [2.75, 3.05) is 19.6 Å². The Morgan fingerprint density at radius 1 is 0.824 bits per heavy atom. The van der Waals surface area contributed by atoms with Crippen molar-refractivity contribution in [3.05, 3.63) is 120 Å². The van der Waals surface area contributed by atoms with Gasteiger partial charge in [-0.05, 0) is 67.7 Å². The number of aromatic nitrogens is 6. The van der Waals surface area contributed by atoms with Crippen LogP contribution in [0.1, 0.15) is 62.9 Å². The zero-order valence-corrected chi connectivity index (χ0v) is 29.0. The van der Waals surface area contributed by atoms with Gasteiger partial charge in [0, 0.05) is 30.8 Å². The van der Waals surface area contributed by atoms with Crippen molar-refractivity contribution in [2.45, 2.75) is 57.9 Å². The van der Waals surface area contributed by atoms with E-state index in [9.17, 15) is 9.59 Å². The van der Waals surface area contributed by atoms with Crippen LogP contribution in [0.5, 0.6) is 0 Å². The monoisotopic (exact) mass is 680 g/mol. The van der Waals surface area contributed by atoms with Gasteiger partial charge in [-0.15, -0.1) is 0 Å². The Morgan fingerprint density at radius 2 is 1.53 bits per heavy atom. The quantitative estimate of drug-likeness (QED) is 0.177. The van der Waals surface area contributed by atoms with E-state index >= 15 is 0 Å². The number of nitrogens with zero attached hydrogens (tertiary/aromatic N) is 6. The smallest absolute Gasteiger partial charge is 0.229 e. The minimum Gasteiger partial charge on any atom is -0.342 e. The molecule has 2 unspecified atom stereocenters. The second-order valence-electron chi connectivity index (χ2n) is 13.4. The highest BCUT2D eigenvalue weighted by Crippen LogP contribution is 2.32. The normalized spacial score (nSPS) is 17.5. The predicted molar refractivity (Wildman–Crippen MR) is 198 cm³/mol. The zero-order valence-electron chi connectivity index (χ0n) is 29.0. The average molecular weight is 681 g/mol. The molecular weight excluding hydrogens is 637 g/mol. The Balaban J connectivity index is 0.000000226. The maximum atomic E-state index is 13.0. The number of hydrogen-bond acceptors (Lipinski definition) is 6. The summed E-state index contributed by atoms with van der Waals surface area (Å²) in [5.74, 6) is 2.63. The van der Waals surface area contributed by atoms with Gasteiger partial charge < -0.3 is 9.80 Å². The molecule has 0 radical (unpaired) electrons. The summed E-state index contributed by atoms with van der Waals surface area (Å²) < 4.78 is 0. The van der Waals surface area contributed by atoms with E-state index in [0.29, 0.717) is 18.2 Å². The van der Waals surface area contributed by atoms with Gasteiger partial charge >= 0.3 is 0 Å². The first-order chi connectivity index (χ1) is 25.0. The molecule has 5 aromatic rings. The summed E-state index contributed by atoms with van der Waals surface area (Å²) in [6, 6.07) is 26.2. The average Bonchev–Trinajstić information content (AvgIpc) is 4.03. The second-order valence-corrected chi connectivity index (χ2v) is 13.4. The van der Waals surface area contributed by atoms with Crippen molar-refractivity contribution in [2.24, 2.45) is 5.92 Å². The maximum absolute atomic E-state index is 13.0. The fourth-order valence-electron chi connectivity index (χ4n) is 7.06. The third kappa shape index (κ3) is 8.06. The van der Waals surface area contributed by atoms with E-state index in [1.807, 2.05) is 71.3 Å². The fraction of sp³-hybridized carbons (Fsp3) is 0.317. The Hall–Kier alpha value is -5.64. The SMILES string of the molecule is CC(C(=O)N1CCCC1)C1=CCCC=C1.O=C(Cc1ccccc1)N1CCCC1c1nc(-c2ccc(-c3ccc(-c4ncn[nH]4)cc3)cc2)n[nH]1. The molecule has 2 atom stereocenters. The molecule has 0 spiro atoms. The molecule has 4 heterocycles. The lowest BCUT2D eigenvalue weighted by Crippen LogP contribution is -2.33. The van der Waals surface area contributed by atoms with Crippen LogP contribution in [0.4, 0.5) is 0 Å². The van der Waals surface area contributed by atoms with Gasteiger partial charge in [-0.3, -0.25) is 19.8 Å². The Labute approximate surface area is 298 Å². The topological polar surface area (TPSA) is 124 Å². The number of nitrogens with one attached hydrogen (secondary N) is 2. The minimum absolute atomic E-state index is 0.0552. The molecule has 2 amide bonds. The number of allylic oxidation sites excluding steroid dienone is 3. The molecule has 2 aromatic heterocycles. The maximum Gasteiger partial charge on any atom is 0.229 e. The number of likely N-dealkylation sites (tertiary alicyclic amines) is 2. The van der Waals surface area contributed by atoms with Gasteiger partial charge in [-0.2, -0.15) is 10.2 Å². The largest absolute Gasteiger partial charge is 0.342 e. The first-order valence-electron chi connectivity index (χ1n) is 18.0. The van der Waals surface area contributed by atoms with Crippen LogP contribution in [-0.2, 0) is 16.0 Å². The first kappa shape index (κ1) is 33.8. The summed E-state index contributed by atoms with van der Waals surface area (Å²) in [4.78, 5) is 38.0. The van der Waals surface area contributed by atoms with Gasteiger partial charge in [0.25, 0.3) is 0 Å². The third-order valence-corrected chi connectivity index (χ3v) is 9.95. The third-order valence-electron chi connectivity index (χ3n) is 9.95.